The Morgan fingerprint density at radius 3 is 3.00 bits per heavy atom. The number of carbonyl (C=O) groups excluding carboxylic acids is 1. The van der Waals surface area contributed by atoms with Gasteiger partial charge in [-0.2, -0.15) is 18.3 Å². The highest BCUT2D eigenvalue weighted by Crippen LogP contribution is 2.26. The SMILES string of the molecule is O=C(OCC(F)(F)F)N1CCCC(c2ccn[nH]2)C1. The van der Waals surface area contributed by atoms with E-state index in [1.165, 1.54) is 4.90 Å². The standard InChI is InChI=1S/C11H14F3N3O2/c12-11(13,14)7-19-10(18)17-5-1-2-8(6-17)9-3-4-15-16-9/h3-4,8H,1-2,5-7H2,(H,15,16). The summed E-state index contributed by atoms with van der Waals surface area (Å²) in [6.07, 6.45) is -2.21. The summed E-state index contributed by atoms with van der Waals surface area (Å²) in [4.78, 5) is 12.8. The van der Waals surface area contributed by atoms with Crippen LogP contribution in [0.25, 0.3) is 0 Å². The Balaban J connectivity index is 1.88. The second-order valence-electron chi connectivity index (χ2n) is 4.47. The van der Waals surface area contributed by atoms with E-state index < -0.39 is 18.9 Å². The molecule has 0 spiro atoms. The van der Waals surface area contributed by atoms with Crippen LogP contribution in [-0.2, 0) is 4.74 Å². The molecule has 1 amide bonds. The third-order valence-electron chi connectivity index (χ3n) is 3.00. The third kappa shape index (κ3) is 3.87. The summed E-state index contributed by atoms with van der Waals surface area (Å²) < 4.78 is 40.2. The lowest BCUT2D eigenvalue weighted by molar-refractivity contribution is -0.162. The minimum Gasteiger partial charge on any atom is -0.440 e. The van der Waals surface area contributed by atoms with E-state index in [1.807, 2.05) is 0 Å². The first-order valence-electron chi connectivity index (χ1n) is 5.93. The van der Waals surface area contributed by atoms with E-state index in [1.54, 1.807) is 12.3 Å². The highest BCUT2D eigenvalue weighted by molar-refractivity contribution is 5.67. The van der Waals surface area contributed by atoms with Crippen molar-refractivity contribution in [2.24, 2.45) is 0 Å². The Labute approximate surface area is 107 Å². The normalized spacial score (nSPS) is 20.4. The topological polar surface area (TPSA) is 58.2 Å². The number of nitrogens with zero attached hydrogens (tertiary/aromatic N) is 2. The minimum atomic E-state index is -4.49. The molecule has 1 aromatic heterocycles. The van der Waals surface area contributed by atoms with Crippen molar-refractivity contribution < 1.29 is 22.7 Å². The van der Waals surface area contributed by atoms with Crippen molar-refractivity contribution in [2.75, 3.05) is 19.7 Å². The number of aromatic nitrogens is 2. The Morgan fingerprint density at radius 1 is 1.58 bits per heavy atom. The van der Waals surface area contributed by atoms with Crippen molar-refractivity contribution in [3.63, 3.8) is 0 Å². The first kappa shape index (κ1) is 13.7. The lowest BCUT2D eigenvalue weighted by Crippen LogP contribution is -2.40. The van der Waals surface area contributed by atoms with Gasteiger partial charge in [0.1, 0.15) is 0 Å². The lowest BCUT2D eigenvalue weighted by atomic mass is 9.95. The van der Waals surface area contributed by atoms with Crippen LogP contribution in [-0.4, -0.2) is 47.1 Å². The lowest BCUT2D eigenvalue weighted by Gasteiger charge is -2.31. The number of rotatable bonds is 2. The minimum absolute atomic E-state index is 0.0645. The van der Waals surface area contributed by atoms with E-state index in [0.717, 1.165) is 18.5 Å². The molecule has 1 atom stereocenters. The number of piperidine rings is 1. The maximum absolute atomic E-state index is 12.0. The summed E-state index contributed by atoms with van der Waals surface area (Å²) in [5.41, 5.74) is 0.883. The molecule has 2 rings (SSSR count). The number of ether oxygens (including phenoxy) is 1. The van der Waals surface area contributed by atoms with Gasteiger partial charge in [-0.25, -0.2) is 4.79 Å². The van der Waals surface area contributed by atoms with Crippen LogP contribution in [0.4, 0.5) is 18.0 Å². The van der Waals surface area contributed by atoms with Crippen LogP contribution in [0, 0.1) is 0 Å². The van der Waals surface area contributed by atoms with Gasteiger partial charge in [-0.1, -0.05) is 0 Å². The molecule has 5 nitrogen and oxygen atoms in total. The molecule has 1 unspecified atom stereocenters. The average molecular weight is 277 g/mol. The summed E-state index contributed by atoms with van der Waals surface area (Å²) in [5, 5.41) is 6.64. The molecule has 8 heteroatoms. The summed E-state index contributed by atoms with van der Waals surface area (Å²) >= 11 is 0. The molecule has 106 valence electrons. The summed E-state index contributed by atoms with van der Waals surface area (Å²) in [6.45, 7) is -0.780. The number of carbonyl (C=O) groups is 1. The van der Waals surface area contributed by atoms with Gasteiger partial charge in [-0.15, -0.1) is 0 Å². The molecule has 1 fully saturated rings. The second-order valence-corrected chi connectivity index (χ2v) is 4.47. The predicted molar refractivity (Wildman–Crippen MR) is 59.5 cm³/mol. The van der Waals surface area contributed by atoms with Gasteiger partial charge in [0, 0.05) is 30.9 Å². The first-order valence-corrected chi connectivity index (χ1v) is 5.93. The number of amides is 1. The van der Waals surface area contributed by atoms with E-state index in [9.17, 15) is 18.0 Å². The zero-order valence-electron chi connectivity index (χ0n) is 10.1. The molecule has 2 heterocycles. The quantitative estimate of drug-likeness (QED) is 0.902. The number of hydrogen-bond acceptors (Lipinski definition) is 3. The molecule has 1 saturated heterocycles. The molecule has 0 bridgehead atoms. The van der Waals surface area contributed by atoms with Crippen LogP contribution >= 0.6 is 0 Å². The molecular weight excluding hydrogens is 263 g/mol. The van der Waals surface area contributed by atoms with Crippen molar-refractivity contribution in [1.82, 2.24) is 15.1 Å². The zero-order chi connectivity index (χ0) is 13.9. The number of hydrogen-bond donors (Lipinski definition) is 1. The van der Waals surface area contributed by atoms with Gasteiger partial charge in [0.15, 0.2) is 6.61 Å². The smallest absolute Gasteiger partial charge is 0.422 e. The summed E-state index contributed by atoms with van der Waals surface area (Å²) in [5.74, 6) is 0.0645. The second kappa shape index (κ2) is 5.50. The van der Waals surface area contributed by atoms with E-state index >= 15 is 0 Å². The van der Waals surface area contributed by atoms with E-state index in [2.05, 4.69) is 14.9 Å². The largest absolute Gasteiger partial charge is 0.440 e. The van der Waals surface area contributed by atoms with Crippen molar-refractivity contribution in [1.29, 1.82) is 0 Å². The fourth-order valence-corrected chi connectivity index (χ4v) is 2.13. The van der Waals surface area contributed by atoms with Crippen LogP contribution < -0.4 is 0 Å². The Bertz CT molecular complexity index is 419. The predicted octanol–water partition coefficient (Wildman–Crippen LogP) is 2.29. The van der Waals surface area contributed by atoms with E-state index in [4.69, 9.17) is 0 Å². The number of alkyl halides is 3. The number of H-pyrrole nitrogens is 1. The van der Waals surface area contributed by atoms with Crippen molar-refractivity contribution >= 4 is 6.09 Å². The van der Waals surface area contributed by atoms with Crippen LogP contribution in [0.5, 0.6) is 0 Å². The van der Waals surface area contributed by atoms with E-state index in [0.29, 0.717) is 13.1 Å². The molecule has 1 aliphatic rings. The van der Waals surface area contributed by atoms with E-state index in [-0.39, 0.29) is 5.92 Å². The van der Waals surface area contributed by atoms with Crippen LogP contribution in [0.15, 0.2) is 12.3 Å². The molecule has 1 N–H and O–H groups in total. The van der Waals surface area contributed by atoms with Crippen LogP contribution in [0.1, 0.15) is 24.5 Å². The highest BCUT2D eigenvalue weighted by atomic mass is 19.4. The molecule has 1 aromatic rings. The average Bonchev–Trinajstić information content (AvgIpc) is 2.89. The monoisotopic (exact) mass is 277 g/mol. The van der Waals surface area contributed by atoms with Crippen molar-refractivity contribution in [3.8, 4) is 0 Å². The number of likely N-dealkylation sites (tertiary alicyclic amines) is 1. The summed E-state index contributed by atoms with van der Waals surface area (Å²) in [6, 6.07) is 1.80. The fourth-order valence-electron chi connectivity index (χ4n) is 2.13. The maximum Gasteiger partial charge on any atom is 0.422 e. The Morgan fingerprint density at radius 2 is 2.37 bits per heavy atom. The number of halogens is 3. The van der Waals surface area contributed by atoms with Gasteiger partial charge in [-0.05, 0) is 18.9 Å². The maximum atomic E-state index is 12.0. The summed E-state index contributed by atoms with van der Waals surface area (Å²) in [7, 11) is 0. The molecule has 0 aromatic carbocycles. The molecule has 19 heavy (non-hydrogen) atoms. The zero-order valence-corrected chi connectivity index (χ0v) is 10.1. The molecule has 0 aliphatic carbocycles. The van der Waals surface area contributed by atoms with Gasteiger partial charge in [0.05, 0.1) is 0 Å². The van der Waals surface area contributed by atoms with Gasteiger partial charge in [-0.3, -0.25) is 5.10 Å². The van der Waals surface area contributed by atoms with Gasteiger partial charge >= 0.3 is 12.3 Å². The molecule has 0 saturated carbocycles. The highest BCUT2D eigenvalue weighted by Gasteiger charge is 2.32. The van der Waals surface area contributed by atoms with Crippen molar-refractivity contribution in [3.05, 3.63) is 18.0 Å². The Kier molecular flexibility index (Phi) is 3.96. The molecule has 1 aliphatic heterocycles. The number of aromatic amines is 1. The Hall–Kier alpha value is -1.73. The van der Waals surface area contributed by atoms with Gasteiger partial charge in [0.2, 0.25) is 0 Å². The molecular formula is C11H14F3N3O2. The van der Waals surface area contributed by atoms with Crippen LogP contribution in [0.3, 0.4) is 0 Å². The number of nitrogens with one attached hydrogen (secondary N) is 1. The molecule has 0 radical (unpaired) electrons. The fraction of sp³-hybridized carbons (Fsp3) is 0.636. The van der Waals surface area contributed by atoms with Gasteiger partial charge < -0.3 is 9.64 Å². The van der Waals surface area contributed by atoms with Gasteiger partial charge in [0.25, 0.3) is 0 Å². The van der Waals surface area contributed by atoms with Crippen LogP contribution in [0.2, 0.25) is 0 Å². The third-order valence-corrected chi connectivity index (χ3v) is 3.00. The van der Waals surface area contributed by atoms with Crippen molar-refractivity contribution in [2.45, 2.75) is 24.9 Å². The first-order chi connectivity index (χ1) is 8.96.